The number of aryl methyl sites for hydroxylation is 1. The van der Waals surface area contributed by atoms with E-state index in [0.29, 0.717) is 22.8 Å². The molecular weight excluding hydrogens is 232 g/mol. The summed E-state index contributed by atoms with van der Waals surface area (Å²) in [4.78, 5) is 12.1. The molecule has 6 nitrogen and oxygen atoms in total. The Morgan fingerprint density at radius 1 is 1.50 bits per heavy atom. The minimum atomic E-state index is -0.351. The first-order chi connectivity index (χ1) is 8.61. The third-order valence-electron chi connectivity index (χ3n) is 2.45. The Bertz CT molecular complexity index is 577. The number of carbonyl (C=O) groups excluding carboxylic acids is 1. The van der Waals surface area contributed by atoms with Gasteiger partial charge in [-0.1, -0.05) is 6.07 Å². The van der Waals surface area contributed by atoms with Crippen LogP contribution in [0, 0.1) is 6.92 Å². The summed E-state index contributed by atoms with van der Waals surface area (Å²) in [6, 6.07) is 6.78. The van der Waals surface area contributed by atoms with E-state index in [2.05, 4.69) is 15.5 Å². The molecule has 1 aromatic heterocycles. The van der Waals surface area contributed by atoms with E-state index in [1.165, 1.54) is 7.11 Å². The van der Waals surface area contributed by atoms with Crippen molar-refractivity contribution < 1.29 is 9.53 Å². The molecule has 0 fully saturated rings. The Morgan fingerprint density at radius 3 is 2.89 bits per heavy atom. The molecule has 94 valence electrons. The summed E-state index contributed by atoms with van der Waals surface area (Å²) in [5.41, 5.74) is 7.31. The average molecular weight is 246 g/mol. The van der Waals surface area contributed by atoms with Crippen molar-refractivity contribution in [3.63, 3.8) is 0 Å². The zero-order valence-electron chi connectivity index (χ0n) is 10.2. The molecule has 0 aliphatic rings. The van der Waals surface area contributed by atoms with Crippen LogP contribution in [0.15, 0.2) is 24.3 Å². The lowest BCUT2D eigenvalue weighted by Gasteiger charge is -2.10. The van der Waals surface area contributed by atoms with Gasteiger partial charge in [0.05, 0.1) is 7.11 Å². The summed E-state index contributed by atoms with van der Waals surface area (Å²) < 4.78 is 5.12. The van der Waals surface area contributed by atoms with Crippen LogP contribution < -0.4 is 15.8 Å². The number of H-pyrrole nitrogens is 1. The van der Waals surface area contributed by atoms with E-state index >= 15 is 0 Å². The number of benzene rings is 1. The Morgan fingerprint density at radius 2 is 2.28 bits per heavy atom. The highest BCUT2D eigenvalue weighted by atomic mass is 16.5. The number of methoxy groups -OCH3 is 1. The van der Waals surface area contributed by atoms with Crippen LogP contribution in [0.4, 0.5) is 11.5 Å². The maximum Gasteiger partial charge on any atom is 0.262 e. The molecule has 0 spiro atoms. The summed E-state index contributed by atoms with van der Waals surface area (Å²) >= 11 is 0. The van der Waals surface area contributed by atoms with Gasteiger partial charge in [0.1, 0.15) is 11.3 Å². The number of amides is 1. The second-order valence-corrected chi connectivity index (χ2v) is 3.81. The Hall–Kier alpha value is -2.50. The minimum Gasteiger partial charge on any atom is -0.496 e. The van der Waals surface area contributed by atoms with Gasteiger partial charge in [0.25, 0.3) is 5.91 Å². The summed E-state index contributed by atoms with van der Waals surface area (Å²) in [5, 5.41) is 9.32. The molecule has 4 N–H and O–H groups in total. The fraction of sp³-hybridized carbons (Fsp3) is 0.167. The van der Waals surface area contributed by atoms with E-state index in [1.807, 2.05) is 6.92 Å². The number of ether oxygens (including phenoxy) is 1. The summed E-state index contributed by atoms with van der Waals surface area (Å²) in [7, 11) is 1.49. The van der Waals surface area contributed by atoms with Crippen LogP contribution >= 0.6 is 0 Å². The Labute approximate surface area is 104 Å². The van der Waals surface area contributed by atoms with E-state index in [-0.39, 0.29) is 5.91 Å². The highest BCUT2D eigenvalue weighted by molar-refractivity contribution is 6.09. The summed E-state index contributed by atoms with van der Waals surface area (Å²) in [6.07, 6.45) is 0. The van der Waals surface area contributed by atoms with Crippen molar-refractivity contribution in [2.75, 3.05) is 18.2 Å². The van der Waals surface area contributed by atoms with Crippen molar-refractivity contribution >= 4 is 17.4 Å². The second-order valence-electron chi connectivity index (χ2n) is 3.81. The van der Waals surface area contributed by atoms with Crippen LogP contribution in [0.3, 0.4) is 0 Å². The predicted octanol–water partition coefficient (Wildman–Crippen LogP) is 1.56. The van der Waals surface area contributed by atoms with E-state index in [0.717, 1.165) is 5.69 Å². The monoisotopic (exact) mass is 246 g/mol. The quantitative estimate of drug-likeness (QED) is 0.716. The van der Waals surface area contributed by atoms with Gasteiger partial charge in [-0.15, -0.1) is 0 Å². The van der Waals surface area contributed by atoms with E-state index in [4.69, 9.17) is 10.5 Å². The topological polar surface area (TPSA) is 93.0 Å². The highest BCUT2D eigenvalue weighted by Gasteiger charge is 2.16. The molecule has 0 saturated carbocycles. The first-order valence-electron chi connectivity index (χ1n) is 5.37. The second kappa shape index (κ2) is 4.79. The third kappa shape index (κ3) is 2.27. The zero-order chi connectivity index (χ0) is 13.1. The number of aromatic nitrogens is 2. The van der Waals surface area contributed by atoms with Crippen LogP contribution in [0.25, 0.3) is 0 Å². The molecule has 2 rings (SSSR count). The maximum atomic E-state index is 12.1. The smallest absolute Gasteiger partial charge is 0.262 e. The molecule has 1 aromatic carbocycles. The average Bonchev–Trinajstić information content (AvgIpc) is 2.74. The van der Waals surface area contributed by atoms with Crippen LogP contribution in [0.1, 0.15) is 16.1 Å². The van der Waals surface area contributed by atoms with E-state index < -0.39 is 0 Å². The molecule has 0 unspecified atom stereocenters. The number of nitrogens with two attached hydrogens (primary N) is 1. The molecule has 18 heavy (non-hydrogen) atoms. The van der Waals surface area contributed by atoms with Gasteiger partial charge in [-0.2, -0.15) is 5.10 Å². The largest absolute Gasteiger partial charge is 0.496 e. The van der Waals surface area contributed by atoms with Crippen molar-refractivity contribution in [1.29, 1.82) is 0 Å². The lowest BCUT2D eigenvalue weighted by molar-refractivity contribution is 0.102. The fourth-order valence-corrected chi connectivity index (χ4v) is 1.62. The summed E-state index contributed by atoms with van der Waals surface area (Å²) in [6.45, 7) is 1.85. The van der Waals surface area contributed by atoms with Crippen LogP contribution in [-0.4, -0.2) is 23.2 Å². The molecule has 0 saturated heterocycles. The molecule has 0 bridgehead atoms. The molecular formula is C12H14N4O2. The first kappa shape index (κ1) is 12.0. The van der Waals surface area contributed by atoms with Crippen LogP contribution in [-0.2, 0) is 0 Å². The molecule has 1 heterocycles. The van der Waals surface area contributed by atoms with E-state index in [1.54, 1.807) is 24.3 Å². The standard InChI is InChI=1S/C12H14N4O2/c1-7-6-10(16-15-7)14-12(17)11-8(13)4-3-5-9(11)18-2/h3-6H,13H2,1-2H3,(H2,14,15,16,17). The third-order valence-corrected chi connectivity index (χ3v) is 2.45. The van der Waals surface area contributed by atoms with Gasteiger partial charge in [-0.25, -0.2) is 0 Å². The molecule has 0 atom stereocenters. The fourth-order valence-electron chi connectivity index (χ4n) is 1.62. The highest BCUT2D eigenvalue weighted by Crippen LogP contribution is 2.24. The Balaban J connectivity index is 2.28. The van der Waals surface area contributed by atoms with Crippen molar-refractivity contribution in [2.24, 2.45) is 0 Å². The number of hydrogen-bond donors (Lipinski definition) is 3. The number of carbonyl (C=O) groups is 1. The minimum absolute atomic E-state index is 0.306. The van der Waals surface area contributed by atoms with Gasteiger partial charge in [0, 0.05) is 17.4 Å². The van der Waals surface area contributed by atoms with Gasteiger partial charge in [0.2, 0.25) is 0 Å². The maximum absolute atomic E-state index is 12.1. The molecule has 0 aliphatic heterocycles. The molecule has 6 heteroatoms. The number of aromatic amines is 1. The lowest BCUT2D eigenvalue weighted by Crippen LogP contribution is -2.15. The van der Waals surface area contributed by atoms with E-state index in [9.17, 15) is 4.79 Å². The number of nitrogens with zero attached hydrogens (tertiary/aromatic N) is 1. The van der Waals surface area contributed by atoms with Gasteiger partial charge in [0.15, 0.2) is 5.82 Å². The molecule has 0 aliphatic carbocycles. The number of rotatable bonds is 3. The lowest BCUT2D eigenvalue weighted by atomic mass is 10.1. The SMILES string of the molecule is COc1cccc(N)c1C(=O)Nc1cc(C)[nH]n1. The normalized spacial score (nSPS) is 10.1. The molecule has 2 aromatic rings. The van der Waals surface area contributed by atoms with Gasteiger partial charge >= 0.3 is 0 Å². The number of nitrogens with one attached hydrogen (secondary N) is 2. The van der Waals surface area contributed by atoms with Crippen molar-refractivity contribution in [3.8, 4) is 5.75 Å². The zero-order valence-corrected chi connectivity index (χ0v) is 10.2. The molecule has 1 amide bonds. The van der Waals surface area contributed by atoms with Crippen molar-refractivity contribution in [1.82, 2.24) is 10.2 Å². The predicted molar refractivity (Wildman–Crippen MR) is 68.7 cm³/mol. The van der Waals surface area contributed by atoms with Gasteiger partial charge in [-0.3, -0.25) is 9.89 Å². The van der Waals surface area contributed by atoms with Gasteiger partial charge < -0.3 is 15.8 Å². The molecule has 0 radical (unpaired) electrons. The number of hydrogen-bond acceptors (Lipinski definition) is 4. The summed E-state index contributed by atoms with van der Waals surface area (Å²) in [5.74, 6) is 0.527. The van der Waals surface area contributed by atoms with Crippen molar-refractivity contribution in [3.05, 3.63) is 35.5 Å². The Kier molecular flexibility index (Phi) is 3.18. The number of anilines is 2. The van der Waals surface area contributed by atoms with Crippen LogP contribution in [0.2, 0.25) is 0 Å². The number of nitrogen functional groups attached to an aromatic ring is 1. The van der Waals surface area contributed by atoms with Crippen LogP contribution in [0.5, 0.6) is 5.75 Å². The first-order valence-corrected chi connectivity index (χ1v) is 5.37. The van der Waals surface area contributed by atoms with Gasteiger partial charge in [-0.05, 0) is 19.1 Å². The van der Waals surface area contributed by atoms with Crippen molar-refractivity contribution in [2.45, 2.75) is 6.92 Å².